The molecule has 0 atom stereocenters. The molecule has 0 aliphatic carbocycles. The number of amides is 1. The second-order valence-electron chi connectivity index (χ2n) is 4.45. The zero-order valence-electron chi connectivity index (χ0n) is 9.84. The molecule has 0 saturated heterocycles. The predicted octanol–water partition coefficient (Wildman–Crippen LogP) is 2.75. The molecule has 1 aromatic heterocycles. The van der Waals surface area contributed by atoms with Crippen molar-refractivity contribution in [2.45, 2.75) is 13.1 Å². The maximum Gasteiger partial charge on any atom is 0.270 e. The molecule has 18 heavy (non-hydrogen) atoms. The van der Waals surface area contributed by atoms with E-state index in [4.69, 9.17) is 0 Å². The molecule has 0 N–H and O–H groups in total. The first-order valence-electron chi connectivity index (χ1n) is 5.93. The third kappa shape index (κ3) is 2.16. The summed E-state index contributed by atoms with van der Waals surface area (Å²) >= 11 is 2.25. The number of hydrogen-bond acceptors (Lipinski definition) is 1. The number of hydrogen-bond donors (Lipinski definition) is 0. The molecular formula is C14H13IN2O. The maximum atomic E-state index is 12.3. The highest BCUT2D eigenvalue weighted by molar-refractivity contribution is 14.1. The number of aromatic nitrogens is 1. The van der Waals surface area contributed by atoms with Crippen molar-refractivity contribution in [2.24, 2.45) is 0 Å². The molecule has 0 fully saturated rings. The van der Waals surface area contributed by atoms with E-state index in [1.54, 1.807) is 0 Å². The van der Waals surface area contributed by atoms with E-state index in [2.05, 4.69) is 34.7 Å². The van der Waals surface area contributed by atoms with Crippen LogP contribution in [0.15, 0.2) is 42.6 Å². The number of carbonyl (C=O) groups is 1. The molecule has 2 aromatic rings. The molecular weight excluding hydrogens is 339 g/mol. The first-order chi connectivity index (χ1) is 8.74. The summed E-state index contributed by atoms with van der Waals surface area (Å²) in [6, 6.07) is 12.1. The minimum atomic E-state index is 0.132. The summed E-state index contributed by atoms with van der Waals surface area (Å²) in [5.41, 5.74) is 1.99. The molecule has 0 unspecified atom stereocenters. The number of benzene rings is 1. The van der Waals surface area contributed by atoms with Crippen LogP contribution in [-0.2, 0) is 13.1 Å². The van der Waals surface area contributed by atoms with Crippen molar-refractivity contribution in [2.75, 3.05) is 6.54 Å². The van der Waals surface area contributed by atoms with Crippen LogP contribution in [0.3, 0.4) is 0 Å². The van der Waals surface area contributed by atoms with Gasteiger partial charge in [-0.3, -0.25) is 4.79 Å². The fourth-order valence-electron chi connectivity index (χ4n) is 2.29. The van der Waals surface area contributed by atoms with E-state index in [1.165, 1.54) is 5.56 Å². The van der Waals surface area contributed by atoms with Crippen LogP contribution in [0.1, 0.15) is 16.1 Å². The fraction of sp³-hybridized carbons (Fsp3) is 0.214. The highest BCUT2D eigenvalue weighted by Crippen LogP contribution is 2.19. The topological polar surface area (TPSA) is 25.2 Å². The van der Waals surface area contributed by atoms with E-state index in [1.807, 2.05) is 39.9 Å². The standard InChI is InChI=1S/C14H13IN2O/c15-12-8-13-14(18)17(7-6-16(13)10-12)9-11-4-2-1-3-5-11/h1-5,8,10H,6-7,9H2. The van der Waals surface area contributed by atoms with Gasteiger partial charge in [-0.15, -0.1) is 0 Å². The summed E-state index contributed by atoms with van der Waals surface area (Å²) in [5, 5.41) is 0. The third-order valence-electron chi connectivity index (χ3n) is 3.20. The number of rotatable bonds is 2. The Labute approximate surface area is 120 Å². The van der Waals surface area contributed by atoms with E-state index in [-0.39, 0.29) is 5.91 Å². The predicted molar refractivity (Wildman–Crippen MR) is 78.3 cm³/mol. The maximum absolute atomic E-state index is 12.3. The summed E-state index contributed by atoms with van der Waals surface area (Å²) in [4.78, 5) is 14.3. The monoisotopic (exact) mass is 352 g/mol. The molecule has 92 valence electrons. The Morgan fingerprint density at radius 3 is 2.72 bits per heavy atom. The van der Waals surface area contributed by atoms with Gasteiger partial charge < -0.3 is 9.47 Å². The summed E-state index contributed by atoms with van der Waals surface area (Å²) in [6.07, 6.45) is 2.04. The van der Waals surface area contributed by atoms with Gasteiger partial charge in [0.05, 0.1) is 0 Å². The Morgan fingerprint density at radius 1 is 1.17 bits per heavy atom. The third-order valence-corrected chi connectivity index (χ3v) is 3.79. The lowest BCUT2D eigenvalue weighted by Crippen LogP contribution is -2.39. The summed E-state index contributed by atoms with van der Waals surface area (Å²) < 4.78 is 3.17. The molecule has 1 amide bonds. The van der Waals surface area contributed by atoms with Gasteiger partial charge in [0, 0.05) is 29.4 Å². The number of halogens is 1. The van der Waals surface area contributed by atoms with Crippen LogP contribution in [-0.4, -0.2) is 21.9 Å². The van der Waals surface area contributed by atoms with E-state index in [0.29, 0.717) is 6.54 Å². The lowest BCUT2D eigenvalue weighted by atomic mass is 10.2. The molecule has 1 aliphatic heterocycles. The lowest BCUT2D eigenvalue weighted by molar-refractivity contribution is 0.0691. The summed E-state index contributed by atoms with van der Waals surface area (Å²) in [5.74, 6) is 0.132. The zero-order chi connectivity index (χ0) is 12.5. The smallest absolute Gasteiger partial charge is 0.270 e. The van der Waals surface area contributed by atoms with Crippen LogP contribution in [0.4, 0.5) is 0 Å². The van der Waals surface area contributed by atoms with Crippen molar-refractivity contribution in [1.29, 1.82) is 0 Å². The SMILES string of the molecule is O=C1c2cc(I)cn2CCN1Cc1ccccc1. The molecule has 0 bridgehead atoms. The van der Waals surface area contributed by atoms with Crippen molar-refractivity contribution < 1.29 is 4.79 Å². The van der Waals surface area contributed by atoms with Gasteiger partial charge in [0.25, 0.3) is 5.91 Å². The van der Waals surface area contributed by atoms with Crippen LogP contribution in [0.25, 0.3) is 0 Å². The van der Waals surface area contributed by atoms with Gasteiger partial charge in [-0.25, -0.2) is 0 Å². The van der Waals surface area contributed by atoms with E-state index in [9.17, 15) is 4.79 Å². The minimum Gasteiger partial charge on any atom is -0.341 e. The first kappa shape index (κ1) is 11.8. The normalized spacial score (nSPS) is 14.7. The van der Waals surface area contributed by atoms with Crippen LogP contribution in [0.5, 0.6) is 0 Å². The number of nitrogens with zero attached hydrogens (tertiary/aromatic N) is 2. The number of fused-ring (bicyclic) bond motifs is 1. The van der Waals surface area contributed by atoms with Crippen molar-refractivity contribution in [1.82, 2.24) is 9.47 Å². The summed E-state index contributed by atoms with van der Waals surface area (Å²) in [7, 11) is 0. The van der Waals surface area contributed by atoms with Crippen molar-refractivity contribution in [3.05, 3.63) is 57.4 Å². The van der Waals surface area contributed by atoms with Crippen LogP contribution in [0, 0.1) is 3.57 Å². The molecule has 1 aromatic carbocycles. The zero-order valence-corrected chi connectivity index (χ0v) is 12.0. The molecule has 1 aliphatic rings. The van der Waals surface area contributed by atoms with Gasteiger partial charge in [0.15, 0.2) is 0 Å². The first-order valence-corrected chi connectivity index (χ1v) is 7.01. The van der Waals surface area contributed by atoms with Crippen molar-refractivity contribution in [3.63, 3.8) is 0 Å². The van der Waals surface area contributed by atoms with E-state index >= 15 is 0 Å². The second kappa shape index (κ2) is 4.76. The Hall–Kier alpha value is -1.30. The van der Waals surface area contributed by atoms with Crippen molar-refractivity contribution in [3.8, 4) is 0 Å². The quantitative estimate of drug-likeness (QED) is 0.763. The van der Waals surface area contributed by atoms with E-state index in [0.717, 1.165) is 22.4 Å². The second-order valence-corrected chi connectivity index (χ2v) is 5.69. The van der Waals surface area contributed by atoms with Gasteiger partial charge in [-0.05, 0) is 34.2 Å². The highest BCUT2D eigenvalue weighted by atomic mass is 127. The molecule has 2 heterocycles. The van der Waals surface area contributed by atoms with Crippen LogP contribution in [0.2, 0.25) is 0 Å². The number of carbonyl (C=O) groups excluding carboxylic acids is 1. The van der Waals surface area contributed by atoms with Gasteiger partial charge in [-0.2, -0.15) is 0 Å². The molecule has 3 nitrogen and oxygen atoms in total. The Bertz CT molecular complexity index is 577. The van der Waals surface area contributed by atoms with Gasteiger partial charge in [0.1, 0.15) is 5.69 Å². The Balaban J connectivity index is 1.82. The Morgan fingerprint density at radius 2 is 1.94 bits per heavy atom. The van der Waals surface area contributed by atoms with Gasteiger partial charge in [0.2, 0.25) is 0 Å². The van der Waals surface area contributed by atoms with Crippen molar-refractivity contribution >= 4 is 28.5 Å². The van der Waals surface area contributed by atoms with Gasteiger partial charge in [-0.1, -0.05) is 30.3 Å². The average Bonchev–Trinajstić information content (AvgIpc) is 2.76. The minimum absolute atomic E-state index is 0.132. The summed E-state index contributed by atoms with van der Waals surface area (Å²) in [6.45, 7) is 2.36. The van der Waals surface area contributed by atoms with Crippen LogP contribution < -0.4 is 0 Å². The molecule has 4 heteroatoms. The highest BCUT2D eigenvalue weighted by Gasteiger charge is 2.24. The van der Waals surface area contributed by atoms with Crippen LogP contribution >= 0.6 is 22.6 Å². The molecule has 3 rings (SSSR count). The molecule has 0 spiro atoms. The average molecular weight is 352 g/mol. The fourth-order valence-corrected chi connectivity index (χ4v) is 2.92. The van der Waals surface area contributed by atoms with Gasteiger partial charge >= 0.3 is 0 Å². The van der Waals surface area contributed by atoms with E-state index < -0.39 is 0 Å². The Kier molecular flexibility index (Phi) is 3.11. The molecule has 0 saturated carbocycles. The largest absolute Gasteiger partial charge is 0.341 e. The molecule has 0 radical (unpaired) electrons. The lowest BCUT2D eigenvalue weighted by Gasteiger charge is -2.28.